The predicted molar refractivity (Wildman–Crippen MR) is 154 cm³/mol. The predicted octanol–water partition coefficient (Wildman–Crippen LogP) is 5.31. The second kappa shape index (κ2) is 11.5. The lowest BCUT2D eigenvalue weighted by molar-refractivity contribution is -0.143. The molecule has 5 rings (SSSR count). The number of likely N-dealkylation sites (N-methyl/N-ethyl adjacent to an activating group) is 1. The largest absolute Gasteiger partial charge is 0.497 e. The maximum absolute atomic E-state index is 14.3. The van der Waals surface area contributed by atoms with E-state index in [1.165, 1.54) is 20.2 Å². The molecular formula is C31H33F3N6O2. The van der Waals surface area contributed by atoms with Gasteiger partial charge in [-0.15, -0.1) is 0 Å². The molecule has 220 valence electrons. The van der Waals surface area contributed by atoms with Crippen LogP contribution in [0.3, 0.4) is 0 Å². The van der Waals surface area contributed by atoms with E-state index in [-0.39, 0.29) is 28.5 Å². The minimum Gasteiger partial charge on any atom is -0.497 e. The van der Waals surface area contributed by atoms with Crippen LogP contribution in [0, 0.1) is 6.92 Å². The van der Waals surface area contributed by atoms with Crippen LogP contribution >= 0.6 is 0 Å². The van der Waals surface area contributed by atoms with Crippen LogP contribution in [0.4, 0.5) is 13.2 Å². The minimum atomic E-state index is -4.72. The number of aromatic nitrogens is 3. The van der Waals surface area contributed by atoms with Gasteiger partial charge in [0.15, 0.2) is 11.3 Å². The third kappa shape index (κ3) is 5.44. The van der Waals surface area contributed by atoms with E-state index >= 15 is 0 Å². The van der Waals surface area contributed by atoms with Crippen molar-refractivity contribution >= 4 is 11.6 Å². The van der Waals surface area contributed by atoms with Crippen molar-refractivity contribution in [3.63, 3.8) is 0 Å². The van der Waals surface area contributed by atoms with Gasteiger partial charge in [0.1, 0.15) is 11.3 Å². The molecule has 1 saturated heterocycles. The number of fused-ring (bicyclic) bond motifs is 1. The van der Waals surface area contributed by atoms with Gasteiger partial charge < -0.3 is 14.5 Å². The van der Waals surface area contributed by atoms with Gasteiger partial charge in [-0.05, 0) is 36.8 Å². The van der Waals surface area contributed by atoms with E-state index in [0.29, 0.717) is 37.5 Å². The lowest BCUT2D eigenvalue weighted by atomic mass is 10.0. The zero-order chi connectivity index (χ0) is 30.2. The first-order valence-corrected chi connectivity index (χ1v) is 13.6. The molecule has 1 aliphatic rings. The summed E-state index contributed by atoms with van der Waals surface area (Å²) in [5.41, 5.74) is 1.49. The zero-order valence-corrected chi connectivity index (χ0v) is 24.0. The van der Waals surface area contributed by atoms with Crippen molar-refractivity contribution in [3.8, 4) is 17.0 Å². The highest BCUT2D eigenvalue weighted by molar-refractivity contribution is 6.00. The van der Waals surface area contributed by atoms with Gasteiger partial charge in [0.2, 0.25) is 0 Å². The maximum Gasteiger partial charge on any atom is 0.433 e. The van der Waals surface area contributed by atoms with Crippen LogP contribution in [0.25, 0.3) is 16.9 Å². The number of piperazine rings is 1. The number of rotatable bonds is 7. The van der Waals surface area contributed by atoms with Crippen LogP contribution in [0.15, 0.2) is 73.1 Å². The van der Waals surface area contributed by atoms with Crippen molar-refractivity contribution in [1.82, 2.24) is 29.3 Å². The summed E-state index contributed by atoms with van der Waals surface area (Å²) in [6.45, 7) is 7.58. The third-order valence-electron chi connectivity index (χ3n) is 7.72. The lowest BCUT2D eigenvalue weighted by Crippen LogP contribution is -2.50. The Morgan fingerprint density at radius 1 is 1.02 bits per heavy atom. The lowest BCUT2D eigenvalue weighted by Gasteiger charge is -2.41. The number of carbonyl (C=O) groups is 1. The summed E-state index contributed by atoms with van der Waals surface area (Å²) in [6.07, 6.45) is -3.53. The van der Waals surface area contributed by atoms with Crippen LogP contribution in [-0.4, -0.2) is 82.6 Å². The van der Waals surface area contributed by atoms with Crippen LogP contribution < -0.4 is 4.74 Å². The molecule has 4 aromatic rings. The molecule has 1 atom stereocenters. The van der Waals surface area contributed by atoms with Gasteiger partial charge in [-0.1, -0.05) is 36.9 Å². The van der Waals surface area contributed by atoms with E-state index in [1.54, 1.807) is 29.2 Å². The molecule has 0 saturated carbocycles. The fourth-order valence-corrected chi connectivity index (χ4v) is 5.43. The van der Waals surface area contributed by atoms with Gasteiger partial charge in [0, 0.05) is 57.1 Å². The molecule has 0 unspecified atom stereocenters. The fourth-order valence-electron chi connectivity index (χ4n) is 5.43. The molecule has 1 amide bonds. The summed E-state index contributed by atoms with van der Waals surface area (Å²) in [5, 5.41) is 3.99. The van der Waals surface area contributed by atoms with E-state index in [0.717, 1.165) is 15.8 Å². The topological polar surface area (TPSA) is 66.2 Å². The highest BCUT2D eigenvalue weighted by atomic mass is 19.4. The fraction of sp³-hybridized carbons (Fsp3) is 0.323. The highest BCUT2D eigenvalue weighted by Gasteiger charge is 2.39. The number of nitrogens with zero attached hydrogens (tertiary/aromatic N) is 6. The molecule has 8 nitrogen and oxygen atoms in total. The number of hydrogen-bond donors (Lipinski definition) is 0. The van der Waals surface area contributed by atoms with Gasteiger partial charge >= 0.3 is 6.18 Å². The Balaban J connectivity index is 1.46. The summed E-state index contributed by atoms with van der Waals surface area (Å²) in [6, 6.07) is 16.6. The normalized spacial score (nSPS) is 15.1. The van der Waals surface area contributed by atoms with Crippen molar-refractivity contribution in [2.75, 3.05) is 47.4 Å². The van der Waals surface area contributed by atoms with Crippen molar-refractivity contribution in [2.24, 2.45) is 0 Å². The number of carbonyl (C=O) groups excluding carboxylic acids is 1. The second-order valence-corrected chi connectivity index (χ2v) is 10.5. The average Bonchev–Trinajstić information content (AvgIpc) is 3.40. The van der Waals surface area contributed by atoms with Crippen LogP contribution in [0.5, 0.6) is 5.75 Å². The number of halogens is 3. The average molecular weight is 579 g/mol. The molecule has 0 N–H and O–H groups in total. The molecule has 0 bridgehead atoms. The zero-order valence-electron chi connectivity index (χ0n) is 24.0. The van der Waals surface area contributed by atoms with Gasteiger partial charge in [-0.2, -0.15) is 18.3 Å². The minimum absolute atomic E-state index is 0.0287. The quantitative estimate of drug-likeness (QED) is 0.296. The molecule has 0 spiro atoms. The van der Waals surface area contributed by atoms with E-state index in [2.05, 4.69) is 33.7 Å². The molecule has 2 aromatic carbocycles. The first kappa shape index (κ1) is 29.1. The molecule has 1 aliphatic heterocycles. The number of hydrogen-bond acceptors (Lipinski definition) is 6. The summed E-state index contributed by atoms with van der Waals surface area (Å²) >= 11 is 0. The van der Waals surface area contributed by atoms with E-state index in [4.69, 9.17) is 4.74 Å². The summed E-state index contributed by atoms with van der Waals surface area (Å²) in [4.78, 5) is 24.2. The van der Waals surface area contributed by atoms with E-state index in [1.807, 2.05) is 37.2 Å². The molecule has 2 aromatic heterocycles. The van der Waals surface area contributed by atoms with Crippen LogP contribution in [0.1, 0.15) is 33.2 Å². The van der Waals surface area contributed by atoms with Crippen molar-refractivity contribution < 1.29 is 22.7 Å². The molecule has 42 heavy (non-hydrogen) atoms. The molecular weight excluding hydrogens is 545 g/mol. The van der Waals surface area contributed by atoms with Gasteiger partial charge in [-0.25, -0.2) is 9.50 Å². The number of ether oxygens (including phenoxy) is 1. The van der Waals surface area contributed by atoms with E-state index < -0.39 is 17.8 Å². The second-order valence-electron chi connectivity index (χ2n) is 10.5. The Morgan fingerprint density at radius 3 is 2.24 bits per heavy atom. The number of methoxy groups -OCH3 is 1. The van der Waals surface area contributed by atoms with Gasteiger partial charge in [0.05, 0.1) is 25.0 Å². The van der Waals surface area contributed by atoms with Crippen LogP contribution in [0.2, 0.25) is 0 Å². The number of alkyl halides is 3. The maximum atomic E-state index is 14.3. The first-order valence-electron chi connectivity index (χ1n) is 13.6. The number of benzene rings is 2. The smallest absolute Gasteiger partial charge is 0.433 e. The van der Waals surface area contributed by atoms with Gasteiger partial charge in [0.25, 0.3) is 5.91 Å². The summed E-state index contributed by atoms with van der Waals surface area (Å²) in [5.74, 6) is 0.161. The molecule has 0 radical (unpaired) electrons. The highest BCUT2D eigenvalue weighted by Crippen LogP contribution is 2.37. The Labute approximate surface area is 242 Å². The number of amides is 1. The Kier molecular flexibility index (Phi) is 7.96. The van der Waals surface area contributed by atoms with Gasteiger partial charge in [-0.3, -0.25) is 9.69 Å². The van der Waals surface area contributed by atoms with Crippen molar-refractivity contribution in [2.45, 2.75) is 19.1 Å². The molecule has 0 aliphatic carbocycles. The van der Waals surface area contributed by atoms with Crippen molar-refractivity contribution in [1.29, 1.82) is 0 Å². The standard InChI is InChI=1S/C31H33F3N6O2/c1-20-26(22-11-13-24(42-5)14-12-22)36-29-25(19-35-40(29)28(20)31(32,33)34)30(41)39-17-15-38(16-18-39)27(21(2)37(3)4)23-9-7-6-8-10-23/h6-14,19,27H,2,15-18H2,1,3-5H3/t27-/m1/s1. The molecule has 1 fully saturated rings. The molecule has 3 heterocycles. The van der Waals surface area contributed by atoms with Crippen LogP contribution in [-0.2, 0) is 6.18 Å². The van der Waals surface area contributed by atoms with E-state index in [9.17, 15) is 18.0 Å². The Morgan fingerprint density at radius 2 is 1.67 bits per heavy atom. The monoisotopic (exact) mass is 578 g/mol. The first-order chi connectivity index (χ1) is 20.0. The summed E-state index contributed by atoms with van der Waals surface area (Å²) < 4.78 is 48.9. The Hall–Kier alpha value is -4.38. The SMILES string of the molecule is C=C([C@H](c1ccccc1)N1CCN(C(=O)c2cnn3c(C(F)(F)F)c(C)c(-c4ccc(OC)cc4)nc23)CC1)N(C)C. The molecule has 11 heteroatoms. The summed E-state index contributed by atoms with van der Waals surface area (Å²) in [7, 11) is 5.41. The third-order valence-corrected chi connectivity index (χ3v) is 7.72. The van der Waals surface area contributed by atoms with Crippen molar-refractivity contribution in [3.05, 3.63) is 95.5 Å². The Bertz CT molecular complexity index is 1590.